The summed E-state index contributed by atoms with van der Waals surface area (Å²) in [5, 5.41) is 3.44. The summed E-state index contributed by atoms with van der Waals surface area (Å²) in [5.74, 6) is 0.544. The third-order valence-corrected chi connectivity index (χ3v) is 5.20. The summed E-state index contributed by atoms with van der Waals surface area (Å²) < 4.78 is 7.12. The molecule has 1 heterocycles. The van der Waals surface area contributed by atoms with Gasteiger partial charge in [-0.15, -0.1) is 0 Å². The number of nitrogens with zero attached hydrogens (tertiary/aromatic N) is 1. The van der Waals surface area contributed by atoms with Gasteiger partial charge in [-0.05, 0) is 70.7 Å². The van der Waals surface area contributed by atoms with Crippen molar-refractivity contribution in [1.82, 2.24) is 4.98 Å². The zero-order chi connectivity index (χ0) is 18.0. The summed E-state index contributed by atoms with van der Waals surface area (Å²) in [6.45, 7) is 4.09. The van der Waals surface area contributed by atoms with Crippen LogP contribution in [-0.4, -0.2) is 18.0 Å². The van der Waals surface area contributed by atoms with Crippen molar-refractivity contribution in [3.8, 4) is 5.75 Å². The number of carbonyl (C=O) groups excluding carboxylic acids is 1. The lowest BCUT2D eigenvalue weighted by molar-refractivity contribution is -0.111. The van der Waals surface area contributed by atoms with Crippen molar-refractivity contribution in [2.24, 2.45) is 0 Å². The molecule has 2 aromatic carbocycles. The zero-order valence-corrected chi connectivity index (χ0v) is 16.5. The van der Waals surface area contributed by atoms with Crippen molar-refractivity contribution >= 4 is 54.6 Å². The summed E-state index contributed by atoms with van der Waals surface area (Å²) in [7, 11) is 1.62. The van der Waals surface area contributed by atoms with Crippen molar-refractivity contribution < 1.29 is 9.53 Å². The summed E-state index contributed by atoms with van der Waals surface area (Å²) in [6.07, 6.45) is 3.25. The molecule has 0 atom stereocenters. The van der Waals surface area contributed by atoms with E-state index < -0.39 is 0 Å². The summed E-state index contributed by atoms with van der Waals surface area (Å²) in [6, 6.07) is 9.80. The van der Waals surface area contributed by atoms with Gasteiger partial charge in [0, 0.05) is 6.08 Å². The van der Waals surface area contributed by atoms with Crippen LogP contribution in [0.2, 0.25) is 0 Å². The van der Waals surface area contributed by atoms with Crippen LogP contribution in [-0.2, 0) is 4.79 Å². The van der Waals surface area contributed by atoms with Crippen molar-refractivity contribution in [1.29, 1.82) is 0 Å². The van der Waals surface area contributed by atoms with E-state index in [0.717, 1.165) is 31.6 Å². The highest BCUT2D eigenvalue weighted by Crippen LogP contribution is 2.29. The summed E-state index contributed by atoms with van der Waals surface area (Å²) >= 11 is 4.91. The number of aryl methyl sites for hydroxylation is 2. The Hall–Kier alpha value is -2.18. The first-order valence-corrected chi connectivity index (χ1v) is 9.27. The highest BCUT2D eigenvalue weighted by molar-refractivity contribution is 9.10. The van der Waals surface area contributed by atoms with Crippen LogP contribution >= 0.6 is 27.3 Å². The van der Waals surface area contributed by atoms with Gasteiger partial charge in [-0.25, -0.2) is 4.98 Å². The van der Waals surface area contributed by atoms with Crippen LogP contribution in [0.15, 0.2) is 40.9 Å². The first-order chi connectivity index (χ1) is 12.0. The van der Waals surface area contributed by atoms with E-state index in [9.17, 15) is 4.79 Å². The number of amides is 1. The Morgan fingerprint density at radius 3 is 2.80 bits per heavy atom. The maximum atomic E-state index is 12.2. The number of hydrogen-bond acceptors (Lipinski definition) is 4. The normalized spacial score (nSPS) is 11.2. The quantitative estimate of drug-likeness (QED) is 0.584. The Bertz CT molecular complexity index is 979. The monoisotopic (exact) mass is 416 g/mol. The molecular formula is C19H17BrN2O2S. The number of methoxy groups -OCH3 is 1. The number of carbonyl (C=O) groups is 1. The maximum absolute atomic E-state index is 12.2. The Labute approximate surface area is 158 Å². The van der Waals surface area contributed by atoms with Crippen LogP contribution in [0, 0.1) is 13.8 Å². The molecular weight excluding hydrogens is 400 g/mol. The predicted octanol–water partition coefficient (Wildman–Crippen LogP) is 5.34. The van der Waals surface area contributed by atoms with E-state index >= 15 is 0 Å². The van der Waals surface area contributed by atoms with Crippen molar-refractivity contribution in [3.05, 3.63) is 57.6 Å². The molecule has 3 rings (SSSR count). The van der Waals surface area contributed by atoms with Gasteiger partial charge in [0.15, 0.2) is 5.13 Å². The lowest BCUT2D eigenvalue weighted by Crippen LogP contribution is -2.07. The van der Waals surface area contributed by atoms with Crippen molar-refractivity contribution in [2.45, 2.75) is 13.8 Å². The lowest BCUT2D eigenvalue weighted by atomic mass is 10.1. The van der Waals surface area contributed by atoms with E-state index in [1.54, 1.807) is 13.2 Å². The van der Waals surface area contributed by atoms with Gasteiger partial charge in [-0.2, -0.15) is 0 Å². The van der Waals surface area contributed by atoms with Gasteiger partial charge in [0.05, 0.1) is 21.8 Å². The molecule has 0 radical (unpaired) electrons. The van der Waals surface area contributed by atoms with E-state index in [0.29, 0.717) is 5.13 Å². The number of ether oxygens (including phenoxy) is 1. The van der Waals surface area contributed by atoms with Crippen LogP contribution in [0.1, 0.15) is 16.7 Å². The molecule has 0 aliphatic heterocycles. The highest BCUT2D eigenvalue weighted by atomic mass is 79.9. The van der Waals surface area contributed by atoms with Crippen LogP contribution in [0.25, 0.3) is 16.3 Å². The first kappa shape index (κ1) is 17.6. The number of thiazole rings is 1. The number of rotatable bonds is 4. The van der Waals surface area contributed by atoms with Gasteiger partial charge in [-0.1, -0.05) is 23.5 Å². The third kappa shape index (κ3) is 4.08. The fourth-order valence-corrected chi connectivity index (χ4v) is 4.13. The average Bonchev–Trinajstić information content (AvgIpc) is 2.95. The number of hydrogen-bond donors (Lipinski definition) is 1. The first-order valence-electron chi connectivity index (χ1n) is 7.66. The van der Waals surface area contributed by atoms with Gasteiger partial charge in [0.1, 0.15) is 5.75 Å². The largest absolute Gasteiger partial charge is 0.496 e. The van der Waals surface area contributed by atoms with E-state index in [4.69, 9.17) is 4.74 Å². The lowest BCUT2D eigenvalue weighted by Gasteiger charge is -2.03. The number of halogens is 1. The van der Waals surface area contributed by atoms with Gasteiger partial charge in [0.25, 0.3) is 0 Å². The molecule has 128 valence electrons. The minimum absolute atomic E-state index is 0.208. The number of anilines is 1. The molecule has 0 unspecified atom stereocenters. The molecule has 0 saturated carbocycles. The Balaban J connectivity index is 1.74. The average molecular weight is 417 g/mol. The summed E-state index contributed by atoms with van der Waals surface area (Å²) in [5.41, 5.74) is 4.15. The molecule has 1 amide bonds. The van der Waals surface area contributed by atoms with Gasteiger partial charge in [0.2, 0.25) is 5.91 Å². The molecule has 1 N–H and O–H groups in total. The number of aromatic nitrogens is 1. The molecule has 0 aliphatic carbocycles. The fourth-order valence-electron chi connectivity index (χ4n) is 2.53. The third-order valence-electron chi connectivity index (χ3n) is 3.66. The van der Waals surface area contributed by atoms with Crippen molar-refractivity contribution in [2.75, 3.05) is 12.4 Å². The van der Waals surface area contributed by atoms with Crippen LogP contribution in [0.4, 0.5) is 5.13 Å². The molecule has 25 heavy (non-hydrogen) atoms. The predicted molar refractivity (Wildman–Crippen MR) is 107 cm³/mol. The molecule has 0 spiro atoms. The highest BCUT2D eigenvalue weighted by Gasteiger charge is 2.08. The smallest absolute Gasteiger partial charge is 0.250 e. The standard InChI is InChI=1S/C19H17BrN2O2S/c1-11-8-12(2)18-16(9-11)25-19(22-18)21-17(23)7-5-13-4-6-15(24-3)14(20)10-13/h4-10H,1-3H3,(H,21,22,23)/b7-5+. The molecule has 3 aromatic rings. The molecule has 0 bridgehead atoms. The Kier molecular flexibility index (Phi) is 5.20. The molecule has 6 heteroatoms. The zero-order valence-electron chi connectivity index (χ0n) is 14.1. The Morgan fingerprint density at radius 1 is 1.28 bits per heavy atom. The van der Waals surface area contributed by atoms with E-state index in [2.05, 4.69) is 45.3 Å². The molecule has 4 nitrogen and oxygen atoms in total. The van der Waals surface area contributed by atoms with E-state index in [-0.39, 0.29) is 5.91 Å². The van der Waals surface area contributed by atoms with E-state index in [1.807, 2.05) is 25.1 Å². The fraction of sp³-hybridized carbons (Fsp3) is 0.158. The van der Waals surface area contributed by atoms with Crippen LogP contribution in [0.3, 0.4) is 0 Å². The van der Waals surface area contributed by atoms with Crippen LogP contribution in [0.5, 0.6) is 5.75 Å². The molecule has 1 aromatic heterocycles. The second-order valence-electron chi connectivity index (χ2n) is 5.66. The minimum atomic E-state index is -0.208. The summed E-state index contributed by atoms with van der Waals surface area (Å²) in [4.78, 5) is 16.7. The molecule has 0 fully saturated rings. The second-order valence-corrected chi connectivity index (χ2v) is 7.55. The Morgan fingerprint density at radius 2 is 2.08 bits per heavy atom. The maximum Gasteiger partial charge on any atom is 0.250 e. The minimum Gasteiger partial charge on any atom is -0.496 e. The number of fused-ring (bicyclic) bond motifs is 1. The van der Waals surface area contributed by atoms with Crippen molar-refractivity contribution in [3.63, 3.8) is 0 Å². The molecule has 0 aliphatic rings. The second kappa shape index (κ2) is 7.37. The SMILES string of the molecule is COc1ccc(/C=C/C(=O)Nc2nc3c(C)cc(C)cc3s2)cc1Br. The van der Waals surface area contributed by atoms with Gasteiger partial charge < -0.3 is 4.74 Å². The van der Waals surface area contributed by atoms with E-state index in [1.165, 1.54) is 23.0 Å². The number of nitrogens with one attached hydrogen (secondary N) is 1. The van der Waals surface area contributed by atoms with Crippen LogP contribution < -0.4 is 10.1 Å². The van der Waals surface area contributed by atoms with Gasteiger partial charge >= 0.3 is 0 Å². The topological polar surface area (TPSA) is 51.2 Å². The van der Waals surface area contributed by atoms with Gasteiger partial charge in [-0.3, -0.25) is 10.1 Å². The molecule has 0 saturated heterocycles. The number of benzene rings is 2.